The molecule has 0 aliphatic heterocycles. The minimum absolute atomic E-state index is 0.0179. The van der Waals surface area contributed by atoms with Crippen molar-refractivity contribution in [1.29, 1.82) is 0 Å². The first-order chi connectivity index (χ1) is 22.5. The lowest BCUT2D eigenvalue weighted by atomic mass is 10.0. The Morgan fingerprint density at radius 1 is 0.872 bits per heavy atom. The van der Waals surface area contributed by atoms with Crippen LogP contribution in [0, 0.1) is 0 Å². The average Bonchev–Trinajstić information content (AvgIpc) is 3.07. The molecule has 1 N–H and O–H groups in total. The van der Waals surface area contributed by atoms with Gasteiger partial charge in [0.1, 0.15) is 18.3 Å². The molecule has 0 fully saturated rings. The Bertz CT molecular complexity index is 1740. The van der Waals surface area contributed by atoms with Gasteiger partial charge in [-0.15, -0.1) is 0 Å². The van der Waals surface area contributed by atoms with E-state index in [4.69, 9.17) is 27.9 Å². The van der Waals surface area contributed by atoms with Crippen LogP contribution in [0.25, 0.3) is 0 Å². The molecule has 0 saturated heterocycles. The lowest BCUT2D eigenvalue weighted by molar-refractivity contribution is -0.140. The Balaban J connectivity index is 1.82. The highest BCUT2D eigenvalue weighted by molar-refractivity contribution is 7.92. The number of hydrogen-bond acceptors (Lipinski definition) is 5. The first-order valence-electron chi connectivity index (χ1n) is 15.4. The van der Waals surface area contributed by atoms with E-state index in [1.807, 2.05) is 51.1 Å². The summed E-state index contributed by atoms with van der Waals surface area (Å²) in [4.78, 5) is 30.0. The van der Waals surface area contributed by atoms with E-state index in [1.165, 1.54) is 17.0 Å². The Kier molecular flexibility index (Phi) is 12.7. The summed E-state index contributed by atoms with van der Waals surface area (Å²) in [7, 11) is -4.22. The number of anilines is 1. The van der Waals surface area contributed by atoms with Gasteiger partial charge in [-0.05, 0) is 79.9 Å². The van der Waals surface area contributed by atoms with Crippen LogP contribution in [-0.2, 0) is 32.6 Å². The van der Waals surface area contributed by atoms with Gasteiger partial charge in [-0.1, -0.05) is 84.7 Å². The van der Waals surface area contributed by atoms with Crippen molar-refractivity contribution in [2.24, 2.45) is 0 Å². The van der Waals surface area contributed by atoms with Crippen molar-refractivity contribution in [3.63, 3.8) is 0 Å². The zero-order valence-corrected chi connectivity index (χ0v) is 28.9. The lowest BCUT2D eigenvalue weighted by Crippen LogP contribution is -2.54. The third kappa shape index (κ3) is 9.50. The van der Waals surface area contributed by atoms with Gasteiger partial charge in [-0.25, -0.2) is 8.42 Å². The van der Waals surface area contributed by atoms with Gasteiger partial charge in [-0.3, -0.25) is 13.9 Å². The number of hydrogen-bond donors (Lipinski definition) is 1. The number of carbonyl (C=O) groups excluding carboxylic acids is 2. The number of ether oxygens (including phenoxy) is 1. The van der Waals surface area contributed by atoms with Crippen molar-refractivity contribution in [2.75, 3.05) is 17.5 Å². The number of sulfonamides is 1. The largest absolute Gasteiger partial charge is 0.494 e. The fraction of sp³-hybridized carbons (Fsp3) is 0.278. The summed E-state index contributed by atoms with van der Waals surface area (Å²) < 4.78 is 34.9. The molecule has 0 heterocycles. The van der Waals surface area contributed by atoms with E-state index in [-0.39, 0.29) is 35.5 Å². The Morgan fingerprint density at radius 3 is 2.11 bits per heavy atom. The highest BCUT2D eigenvalue weighted by Gasteiger charge is 2.35. The van der Waals surface area contributed by atoms with Crippen LogP contribution in [0.15, 0.2) is 108 Å². The Labute approximate surface area is 287 Å². The molecule has 11 heteroatoms. The molecule has 0 aliphatic carbocycles. The first kappa shape index (κ1) is 35.8. The number of rotatable bonds is 15. The molecule has 47 heavy (non-hydrogen) atoms. The van der Waals surface area contributed by atoms with Crippen molar-refractivity contribution in [3.8, 4) is 5.75 Å². The summed E-state index contributed by atoms with van der Waals surface area (Å²) in [5, 5.41) is 3.76. The van der Waals surface area contributed by atoms with Crippen molar-refractivity contribution < 1.29 is 22.7 Å². The number of benzene rings is 4. The summed E-state index contributed by atoms with van der Waals surface area (Å²) >= 11 is 12.8. The summed E-state index contributed by atoms with van der Waals surface area (Å²) in [6.45, 7) is 5.48. The molecule has 0 saturated carbocycles. The van der Waals surface area contributed by atoms with Crippen molar-refractivity contribution in [1.82, 2.24) is 10.2 Å². The quantitative estimate of drug-likeness (QED) is 0.143. The second-order valence-electron chi connectivity index (χ2n) is 11.0. The van der Waals surface area contributed by atoms with E-state index in [0.29, 0.717) is 34.4 Å². The van der Waals surface area contributed by atoms with Gasteiger partial charge >= 0.3 is 0 Å². The maximum Gasteiger partial charge on any atom is 0.264 e. The van der Waals surface area contributed by atoms with Crippen LogP contribution in [-0.4, -0.2) is 50.4 Å². The maximum absolute atomic E-state index is 14.6. The van der Waals surface area contributed by atoms with Crippen molar-refractivity contribution in [3.05, 3.63) is 124 Å². The number of carbonyl (C=O) groups is 2. The molecule has 2 amide bonds. The summed E-state index contributed by atoms with van der Waals surface area (Å²) in [5.41, 5.74) is 1.65. The molecule has 0 aromatic heterocycles. The highest BCUT2D eigenvalue weighted by atomic mass is 35.5. The predicted molar refractivity (Wildman–Crippen MR) is 187 cm³/mol. The van der Waals surface area contributed by atoms with Crippen molar-refractivity contribution in [2.45, 2.75) is 57.1 Å². The van der Waals surface area contributed by atoms with Crippen LogP contribution in [0.5, 0.6) is 5.75 Å². The minimum atomic E-state index is -4.22. The molecule has 0 spiro atoms. The molecule has 4 aromatic rings. The normalized spacial score (nSPS) is 12.5. The van der Waals surface area contributed by atoms with Crippen LogP contribution in [0.4, 0.5) is 5.69 Å². The SMILES string of the molecule is CCOc1ccc(N(CC(=O)N(Cc2ccc(Cl)cc2Cl)[C@@H](Cc2ccccc2)C(=O)N[C@@H](C)CC)S(=O)(=O)c2ccccc2)cc1. The fourth-order valence-corrected chi connectivity index (χ4v) is 6.86. The standard InChI is InChI=1S/C36H39Cl2N3O5S/c1-4-26(3)39-36(43)34(22-27-12-8-6-9-13-27)40(24-28-16-17-29(37)23-33(28)38)35(42)25-41(30-18-20-31(21-19-30)46-5-2)47(44,45)32-14-10-7-11-15-32/h6-21,23,26,34H,4-5,22,24-25H2,1-3H3,(H,39,43)/t26-,34-/m0/s1. The van der Waals surface area contributed by atoms with Gasteiger partial charge in [0, 0.05) is 29.1 Å². The first-order valence-corrected chi connectivity index (χ1v) is 17.6. The van der Waals surface area contributed by atoms with Gasteiger partial charge in [0.2, 0.25) is 11.8 Å². The van der Waals surface area contributed by atoms with Gasteiger partial charge in [-0.2, -0.15) is 0 Å². The van der Waals surface area contributed by atoms with E-state index in [2.05, 4.69) is 5.32 Å². The van der Waals surface area contributed by atoms with E-state index in [0.717, 1.165) is 9.87 Å². The highest BCUT2D eigenvalue weighted by Crippen LogP contribution is 2.28. The third-order valence-corrected chi connectivity index (χ3v) is 10.0. The molecule has 2 atom stereocenters. The second-order valence-corrected chi connectivity index (χ2v) is 13.7. The van der Waals surface area contributed by atoms with Gasteiger partial charge in [0.15, 0.2) is 0 Å². The van der Waals surface area contributed by atoms with Crippen LogP contribution in [0.2, 0.25) is 10.0 Å². The Hall–Kier alpha value is -4.05. The molecular weight excluding hydrogens is 657 g/mol. The molecule has 0 unspecified atom stereocenters. The fourth-order valence-electron chi connectivity index (χ4n) is 4.95. The van der Waals surface area contributed by atoms with Crippen LogP contribution >= 0.6 is 23.2 Å². The molecule has 248 valence electrons. The third-order valence-electron chi connectivity index (χ3n) is 7.67. The van der Waals surface area contributed by atoms with Crippen LogP contribution in [0.1, 0.15) is 38.3 Å². The number of nitrogens with one attached hydrogen (secondary N) is 1. The molecule has 8 nitrogen and oxygen atoms in total. The van der Waals surface area contributed by atoms with Crippen LogP contribution in [0.3, 0.4) is 0 Å². The molecular formula is C36H39Cl2N3O5S. The molecule has 4 aromatic carbocycles. The van der Waals surface area contributed by atoms with Crippen LogP contribution < -0.4 is 14.4 Å². The summed E-state index contributed by atoms with van der Waals surface area (Å²) in [5.74, 6) is -0.395. The zero-order valence-electron chi connectivity index (χ0n) is 26.6. The van der Waals surface area contributed by atoms with E-state index >= 15 is 0 Å². The van der Waals surface area contributed by atoms with Gasteiger partial charge in [0.05, 0.1) is 17.2 Å². The minimum Gasteiger partial charge on any atom is -0.494 e. The monoisotopic (exact) mass is 695 g/mol. The smallest absolute Gasteiger partial charge is 0.264 e. The maximum atomic E-state index is 14.6. The molecule has 0 bridgehead atoms. The topological polar surface area (TPSA) is 96.0 Å². The number of halogens is 2. The number of nitrogens with zero attached hydrogens (tertiary/aromatic N) is 2. The van der Waals surface area contributed by atoms with E-state index in [1.54, 1.807) is 60.7 Å². The Morgan fingerprint density at radius 2 is 1.51 bits per heavy atom. The lowest BCUT2D eigenvalue weighted by Gasteiger charge is -2.34. The summed E-state index contributed by atoms with van der Waals surface area (Å²) in [6, 6.07) is 27.5. The average molecular weight is 697 g/mol. The molecule has 4 rings (SSSR count). The molecule has 0 radical (unpaired) electrons. The van der Waals surface area contributed by atoms with Crippen molar-refractivity contribution >= 4 is 50.7 Å². The predicted octanol–water partition coefficient (Wildman–Crippen LogP) is 7.14. The molecule has 0 aliphatic rings. The van der Waals surface area contributed by atoms with Gasteiger partial charge in [0.25, 0.3) is 10.0 Å². The summed E-state index contributed by atoms with van der Waals surface area (Å²) in [6.07, 6.45) is 0.871. The number of amides is 2. The zero-order chi connectivity index (χ0) is 34.0. The van der Waals surface area contributed by atoms with Gasteiger partial charge < -0.3 is 15.0 Å². The second kappa shape index (κ2) is 16.7. The van der Waals surface area contributed by atoms with E-state index < -0.39 is 28.5 Å². The van der Waals surface area contributed by atoms with E-state index in [9.17, 15) is 18.0 Å².